The van der Waals surface area contributed by atoms with Crippen molar-refractivity contribution in [3.63, 3.8) is 0 Å². The highest BCUT2D eigenvalue weighted by Crippen LogP contribution is 2.47. The van der Waals surface area contributed by atoms with E-state index in [9.17, 15) is 21.6 Å². The van der Waals surface area contributed by atoms with Crippen molar-refractivity contribution in [3.05, 3.63) is 101 Å². The number of fused-ring (bicyclic) bond motifs is 1. The molecule has 5 aromatic rings. The minimum atomic E-state index is -4.22. The number of aliphatic carboxylic acids is 1. The van der Waals surface area contributed by atoms with E-state index >= 15 is 0 Å². The molecule has 0 atom stereocenters. The molecule has 0 unspecified atom stereocenters. The Labute approximate surface area is 229 Å². The lowest BCUT2D eigenvalue weighted by molar-refractivity contribution is -0.134. The Kier molecular flexibility index (Phi) is 6.64. The van der Waals surface area contributed by atoms with Crippen LogP contribution < -0.4 is 0 Å². The van der Waals surface area contributed by atoms with Crippen LogP contribution in [0.4, 0.5) is 5.00 Å². The van der Waals surface area contributed by atoms with Crippen LogP contribution in [0.3, 0.4) is 0 Å². The first kappa shape index (κ1) is 26.4. The molecule has 8 nitrogen and oxygen atoms in total. The van der Waals surface area contributed by atoms with Gasteiger partial charge in [-0.3, -0.25) is 4.79 Å². The summed E-state index contributed by atoms with van der Waals surface area (Å²) in [6.07, 6.45) is 0. The highest BCUT2D eigenvalue weighted by molar-refractivity contribution is 7.92. The summed E-state index contributed by atoms with van der Waals surface area (Å²) >= 11 is 1.21. The minimum Gasteiger partial charge on any atom is -0.480 e. The number of aromatic nitrogens is 1. The van der Waals surface area contributed by atoms with Crippen molar-refractivity contribution in [2.24, 2.45) is 0 Å². The van der Waals surface area contributed by atoms with Crippen LogP contribution in [0.25, 0.3) is 38.1 Å². The molecule has 0 radical (unpaired) electrons. The molecule has 2 heterocycles. The monoisotopic (exact) mass is 576 g/mol. The van der Waals surface area contributed by atoms with Crippen LogP contribution in [-0.2, 0) is 24.7 Å². The summed E-state index contributed by atoms with van der Waals surface area (Å²) in [7, 11) is -8.43. The lowest BCUT2D eigenvalue weighted by atomic mass is 10.00. The predicted octanol–water partition coefficient (Wildman–Crippen LogP) is 5.99. The van der Waals surface area contributed by atoms with Crippen molar-refractivity contribution in [1.82, 2.24) is 3.97 Å². The predicted molar refractivity (Wildman–Crippen MR) is 150 cm³/mol. The van der Waals surface area contributed by atoms with Crippen LogP contribution >= 0.6 is 11.3 Å². The Morgan fingerprint density at radius 3 is 2.36 bits per heavy atom. The van der Waals surface area contributed by atoms with E-state index < -0.39 is 31.6 Å². The summed E-state index contributed by atoms with van der Waals surface area (Å²) in [5, 5.41) is 11.8. The maximum Gasteiger partial charge on any atom is 0.319 e. The summed E-state index contributed by atoms with van der Waals surface area (Å²) in [4.78, 5) is 14.6. The Bertz CT molecular complexity index is 2010. The molecule has 0 amide bonds. The van der Waals surface area contributed by atoms with Gasteiger partial charge in [0.2, 0.25) is 5.00 Å². The molecule has 0 saturated heterocycles. The molecule has 39 heavy (non-hydrogen) atoms. The zero-order chi connectivity index (χ0) is 27.9. The minimum absolute atomic E-state index is 0.0343. The third-order valence-corrected chi connectivity index (χ3v) is 10.3. The number of carboxylic acid groups (broad SMARTS) is 1. The smallest absolute Gasteiger partial charge is 0.319 e. The van der Waals surface area contributed by atoms with Gasteiger partial charge in [-0.05, 0) is 42.6 Å². The third-order valence-electron chi connectivity index (χ3n) is 6.19. The van der Waals surface area contributed by atoms with Crippen LogP contribution in [0.5, 0.6) is 0 Å². The molecule has 0 spiro atoms. The Balaban J connectivity index is 1.93. The largest absolute Gasteiger partial charge is 0.480 e. The SMILES string of the molecule is [C-]#[N+]c1sccc1-c1c(-c2cccc(S(=O)(=O)CC(=O)O)c2)n(S(=O)(=O)c2ccc(C)cc2)c2ccccc12. The van der Waals surface area contributed by atoms with Gasteiger partial charge in [0, 0.05) is 22.1 Å². The van der Waals surface area contributed by atoms with Gasteiger partial charge in [-0.15, -0.1) is 0 Å². The van der Waals surface area contributed by atoms with E-state index in [-0.39, 0.29) is 21.0 Å². The van der Waals surface area contributed by atoms with Crippen LogP contribution in [-0.4, -0.2) is 37.6 Å². The molecule has 0 fully saturated rings. The zero-order valence-corrected chi connectivity index (χ0v) is 22.8. The van der Waals surface area contributed by atoms with Gasteiger partial charge < -0.3 is 5.11 Å². The fourth-order valence-electron chi connectivity index (χ4n) is 4.47. The van der Waals surface area contributed by atoms with Crippen LogP contribution in [0.2, 0.25) is 0 Å². The number of sulfone groups is 1. The van der Waals surface area contributed by atoms with Gasteiger partial charge in [0.25, 0.3) is 10.0 Å². The third kappa shape index (κ3) is 4.63. The molecule has 0 saturated carbocycles. The van der Waals surface area contributed by atoms with Gasteiger partial charge in [-0.25, -0.2) is 25.7 Å². The molecular formula is C28H20N2O6S3. The van der Waals surface area contributed by atoms with E-state index in [1.165, 1.54) is 45.6 Å². The van der Waals surface area contributed by atoms with E-state index in [0.717, 1.165) is 5.56 Å². The van der Waals surface area contributed by atoms with E-state index in [2.05, 4.69) is 4.85 Å². The van der Waals surface area contributed by atoms with E-state index in [1.54, 1.807) is 53.9 Å². The number of thiophene rings is 1. The van der Waals surface area contributed by atoms with Crippen LogP contribution in [0.15, 0.2) is 94.0 Å². The number of nitrogens with zero attached hydrogens (tertiary/aromatic N) is 2. The molecule has 1 N–H and O–H groups in total. The maximum atomic E-state index is 14.2. The molecule has 5 rings (SSSR count). The number of carboxylic acids is 1. The Morgan fingerprint density at radius 2 is 1.67 bits per heavy atom. The first-order valence-corrected chi connectivity index (χ1v) is 15.5. The first-order chi connectivity index (χ1) is 18.5. The average molecular weight is 577 g/mol. The summed E-state index contributed by atoms with van der Waals surface area (Å²) in [5.74, 6) is -2.61. The van der Waals surface area contributed by atoms with Crippen molar-refractivity contribution >= 4 is 53.1 Å². The van der Waals surface area contributed by atoms with Crippen molar-refractivity contribution in [2.75, 3.05) is 5.75 Å². The first-order valence-electron chi connectivity index (χ1n) is 11.5. The van der Waals surface area contributed by atoms with Crippen LogP contribution in [0, 0.1) is 13.5 Å². The lowest BCUT2D eigenvalue weighted by Crippen LogP contribution is -2.16. The Morgan fingerprint density at radius 1 is 0.949 bits per heavy atom. The Hall–Kier alpha value is -4.24. The number of carbonyl (C=O) groups is 1. The fraction of sp³-hybridized carbons (Fsp3) is 0.0714. The highest BCUT2D eigenvalue weighted by Gasteiger charge is 2.30. The highest BCUT2D eigenvalue weighted by atomic mass is 32.2. The summed E-state index contributed by atoms with van der Waals surface area (Å²) in [6.45, 7) is 9.52. The quantitative estimate of drug-likeness (QED) is 0.238. The molecule has 0 aliphatic heterocycles. The number of para-hydroxylation sites is 1. The van der Waals surface area contributed by atoms with E-state index in [0.29, 0.717) is 27.0 Å². The standard InChI is InChI=1S/C28H20N2O6S3/c1-18-10-12-20(13-11-18)39(35,36)30-24-9-4-3-8-22(24)26(23-14-15-37-28(23)29-2)27(30)19-6-5-7-21(16-19)38(33,34)17-25(31)32/h3-16H,17H2,1H3,(H,31,32). The van der Waals surface area contributed by atoms with Crippen molar-refractivity contribution < 1.29 is 26.7 Å². The van der Waals surface area contributed by atoms with Gasteiger partial charge >= 0.3 is 5.97 Å². The van der Waals surface area contributed by atoms with Gasteiger partial charge in [0.05, 0.1) is 27.6 Å². The number of hydrogen-bond acceptors (Lipinski definition) is 6. The number of hydrogen-bond donors (Lipinski definition) is 1. The van der Waals surface area contributed by atoms with Crippen molar-refractivity contribution in [3.8, 4) is 22.4 Å². The molecular weight excluding hydrogens is 557 g/mol. The van der Waals surface area contributed by atoms with Crippen molar-refractivity contribution in [1.29, 1.82) is 0 Å². The molecule has 11 heteroatoms. The molecule has 0 bridgehead atoms. The lowest BCUT2D eigenvalue weighted by Gasteiger charge is -2.15. The molecule has 2 aromatic heterocycles. The van der Waals surface area contributed by atoms with Gasteiger partial charge in [-0.2, -0.15) is 11.3 Å². The summed E-state index contributed by atoms with van der Waals surface area (Å²) < 4.78 is 55.2. The summed E-state index contributed by atoms with van der Waals surface area (Å²) in [6, 6.07) is 20.6. The number of benzene rings is 3. The van der Waals surface area contributed by atoms with Gasteiger partial charge in [0.1, 0.15) is 0 Å². The zero-order valence-electron chi connectivity index (χ0n) is 20.4. The number of aryl methyl sites for hydroxylation is 1. The maximum absolute atomic E-state index is 14.2. The molecule has 0 aliphatic rings. The van der Waals surface area contributed by atoms with E-state index in [4.69, 9.17) is 11.7 Å². The summed E-state index contributed by atoms with van der Waals surface area (Å²) in [5.41, 5.74) is 2.62. The van der Waals surface area contributed by atoms with E-state index in [1.807, 2.05) is 6.92 Å². The second kappa shape index (κ2) is 9.81. The normalized spacial score (nSPS) is 11.9. The molecule has 196 valence electrons. The van der Waals surface area contributed by atoms with Crippen molar-refractivity contribution in [2.45, 2.75) is 16.7 Å². The average Bonchev–Trinajstić information content (AvgIpc) is 3.50. The molecule has 0 aliphatic carbocycles. The topological polar surface area (TPSA) is 115 Å². The van der Waals surface area contributed by atoms with Crippen LogP contribution in [0.1, 0.15) is 5.56 Å². The fourth-order valence-corrected chi connectivity index (χ4v) is 7.79. The second-order valence-electron chi connectivity index (χ2n) is 8.76. The van der Waals surface area contributed by atoms with Gasteiger partial charge in [0.15, 0.2) is 15.6 Å². The van der Waals surface area contributed by atoms with Gasteiger partial charge in [-0.1, -0.05) is 54.1 Å². The number of rotatable bonds is 7. The molecule has 3 aromatic carbocycles. The second-order valence-corrected chi connectivity index (χ2v) is 13.4.